The molecule has 4 aliphatic rings. The summed E-state index contributed by atoms with van der Waals surface area (Å²) in [7, 11) is 2.36. The normalized spacial score (nSPS) is 34.7. The van der Waals surface area contributed by atoms with Crippen molar-refractivity contribution in [2.75, 3.05) is 53.1 Å². The van der Waals surface area contributed by atoms with Crippen molar-refractivity contribution in [2.24, 2.45) is 17.3 Å². The molecular formula is C23H42N2O2. The molecule has 0 bridgehead atoms. The van der Waals surface area contributed by atoms with Crippen molar-refractivity contribution >= 4 is 0 Å². The minimum absolute atomic E-state index is 0.390. The van der Waals surface area contributed by atoms with Gasteiger partial charge in [-0.2, -0.15) is 0 Å². The van der Waals surface area contributed by atoms with E-state index in [-0.39, 0.29) is 0 Å². The van der Waals surface area contributed by atoms with Crippen molar-refractivity contribution in [2.45, 2.75) is 76.8 Å². The van der Waals surface area contributed by atoms with Gasteiger partial charge in [0.2, 0.25) is 0 Å². The molecule has 0 amide bonds. The molecule has 0 unspecified atom stereocenters. The Kier molecular flexibility index (Phi) is 5.66. The molecule has 0 N–H and O–H groups in total. The lowest BCUT2D eigenvalue weighted by atomic mass is 9.66. The van der Waals surface area contributed by atoms with E-state index in [1.807, 2.05) is 0 Å². The van der Waals surface area contributed by atoms with Crippen LogP contribution in [-0.2, 0) is 9.47 Å². The number of hydrogen-bond donors (Lipinski definition) is 0. The van der Waals surface area contributed by atoms with Gasteiger partial charge in [0.05, 0.1) is 0 Å². The van der Waals surface area contributed by atoms with Gasteiger partial charge in [-0.15, -0.1) is 0 Å². The molecule has 4 rings (SSSR count). The third-order valence-electron chi connectivity index (χ3n) is 8.81. The molecule has 2 spiro atoms. The predicted octanol–water partition coefficient (Wildman–Crippen LogP) is 3.79. The molecule has 4 heterocycles. The molecular weight excluding hydrogens is 336 g/mol. The van der Waals surface area contributed by atoms with Crippen molar-refractivity contribution in [3.8, 4) is 0 Å². The van der Waals surface area contributed by atoms with Gasteiger partial charge in [-0.3, -0.25) is 4.90 Å². The second kappa shape index (κ2) is 7.59. The van der Waals surface area contributed by atoms with Gasteiger partial charge >= 0.3 is 0 Å². The van der Waals surface area contributed by atoms with Crippen LogP contribution in [0.4, 0.5) is 0 Å². The molecule has 4 aliphatic heterocycles. The van der Waals surface area contributed by atoms with Gasteiger partial charge < -0.3 is 14.4 Å². The number of rotatable bonds is 3. The summed E-state index contributed by atoms with van der Waals surface area (Å²) < 4.78 is 11.5. The Morgan fingerprint density at radius 1 is 0.852 bits per heavy atom. The van der Waals surface area contributed by atoms with Crippen LogP contribution in [0.3, 0.4) is 0 Å². The lowest BCUT2D eigenvalue weighted by Gasteiger charge is -2.50. The van der Waals surface area contributed by atoms with E-state index in [0.29, 0.717) is 16.5 Å². The van der Waals surface area contributed by atoms with Gasteiger partial charge in [0.1, 0.15) is 0 Å². The Morgan fingerprint density at radius 2 is 1.44 bits per heavy atom. The molecule has 0 radical (unpaired) electrons. The topological polar surface area (TPSA) is 24.9 Å². The van der Waals surface area contributed by atoms with Gasteiger partial charge in [-0.25, -0.2) is 0 Å². The van der Waals surface area contributed by atoms with Crippen LogP contribution in [0.15, 0.2) is 0 Å². The molecule has 4 nitrogen and oxygen atoms in total. The van der Waals surface area contributed by atoms with E-state index in [1.165, 1.54) is 64.6 Å². The summed E-state index contributed by atoms with van der Waals surface area (Å²) in [6, 6.07) is 0. The van der Waals surface area contributed by atoms with Crippen LogP contribution < -0.4 is 0 Å². The zero-order valence-electron chi connectivity index (χ0n) is 18.3. The molecule has 4 saturated heterocycles. The lowest BCUT2D eigenvalue weighted by Crippen LogP contribution is -2.55. The van der Waals surface area contributed by atoms with Crippen LogP contribution in [0.25, 0.3) is 0 Å². The molecule has 0 aromatic heterocycles. The summed E-state index contributed by atoms with van der Waals surface area (Å²) >= 11 is 0. The van der Waals surface area contributed by atoms with Gasteiger partial charge in [-0.1, -0.05) is 20.8 Å². The van der Waals surface area contributed by atoms with E-state index >= 15 is 0 Å². The maximum atomic E-state index is 5.80. The number of likely N-dealkylation sites (tertiary alicyclic amines) is 2. The van der Waals surface area contributed by atoms with Gasteiger partial charge in [0.15, 0.2) is 0 Å². The maximum Gasteiger partial charge on any atom is 0.0483 e. The predicted molar refractivity (Wildman–Crippen MR) is 110 cm³/mol. The van der Waals surface area contributed by atoms with Crippen LogP contribution in [0, 0.1) is 17.3 Å². The summed E-state index contributed by atoms with van der Waals surface area (Å²) in [5, 5.41) is 0. The Hall–Kier alpha value is -0.160. The van der Waals surface area contributed by atoms with Crippen LogP contribution in [0.5, 0.6) is 0 Å². The van der Waals surface area contributed by atoms with Crippen molar-refractivity contribution < 1.29 is 9.47 Å². The van der Waals surface area contributed by atoms with E-state index in [1.54, 1.807) is 0 Å². The molecule has 0 aromatic rings. The van der Waals surface area contributed by atoms with Crippen LogP contribution >= 0.6 is 0 Å². The summed E-state index contributed by atoms with van der Waals surface area (Å²) in [5.74, 6) is 1.65. The highest BCUT2D eigenvalue weighted by atomic mass is 16.5. The lowest BCUT2D eigenvalue weighted by molar-refractivity contribution is -0.0561. The molecule has 4 heteroatoms. The molecule has 27 heavy (non-hydrogen) atoms. The van der Waals surface area contributed by atoms with Crippen molar-refractivity contribution in [1.29, 1.82) is 0 Å². The first-order valence-electron chi connectivity index (χ1n) is 11.5. The third kappa shape index (κ3) is 3.49. The SMILES string of the molecule is CN1CC[C@H](CCN2CC[C@@H](C(C)(C)C)C23CCOCC3)C12CCOCC2. The Balaban J connectivity index is 1.47. The third-order valence-corrected chi connectivity index (χ3v) is 8.81. The summed E-state index contributed by atoms with van der Waals surface area (Å²) in [6.45, 7) is 15.1. The highest BCUT2D eigenvalue weighted by Crippen LogP contribution is 2.51. The minimum Gasteiger partial charge on any atom is -0.381 e. The smallest absolute Gasteiger partial charge is 0.0483 e. The average Bonchev–Trinajstić information content (AvgIpc) is 3.14. The van der Waals surface area contributed by atoms with Crippen molar-refractivity contribution in [3.63, 3.8) is 0 Å². The van der Waals surface area contributed by atoms with Crippen LogP contribution in [0.2, 0.25) is 0 Å². The standard InChI is InChI=1S/C23H42N2O2/c1-21(2,3)20-7-14-25(23(20)10-17-27-18-11-23)13-6-19-5-12-24(4)22(19)8-15-26-16-9-22/h19-20H,5-18H2,1-4H3/t19-,20+/m1/s1. The highest BCUT2D eigenvalue weighted by Gasteiger charge is 2.54. The minimum atomic E-state index is 0.390. The second-order valence-corrected chi connectivity index (χ2v) is 10.8. The molecule has 2 atom stereocenters. The number of hydrogen-bond acceptors (Lipinski definition) is 4. The van der Waals surface area contributed by atoms with Gasteiger partial charge in [0, 0.05) is 37.5 Å². The summed E-state index contributed by atoms with van der Waals surface area (Å²) in [5.41, 5.74) is 1.20. The zero-order chi connectivity index (χ0) is 19.1. The van der Waals surface area contributed by atoms with Crippen molar-refractivity contribution in [1.82, 2.24) is 9.80 Å². The first kappa shape index (κ1) is 20.1. The Bertz CT molecular complexity index is 503. The average molecular weight is 379 g/mol. The first-order chi connectivity index (χ1) is 12.9. The van der Waals surface area contributed by atoms with E-state index in [9.17, 15) is 0 Å². The van der Waals surface area contributed by atoms with Gasteiger partial charge in [-0.05, 0) is 88.9 Å². The van der Waals surface area contributed by atoms with E-state index in [2.05, 4.69) is 37.6 Å². The zero-order valence-corrected chi connectivity index (χ0v) is 18.3. The molecule has 0 saturated carbocycles. The fourth-order valence-electron chi connectivity index (χ4n) is 7.35. The largest absolute Gasteiger partial charge is 0.381 e. The van der Waals surface area contributed by atoms with Crippen LogP contribution in [-0.4, -0.2) is 74.0 Å². The van der Waals surface area contributed by atoms with E-state index < -0.39 is 0 Å². The fourth-order valence-corrected chi connectivity index (χ4v) is 7.35. The number of ether oxygens (including phenoxy) is 2. The first-order valence-corrected chi connectivity index (χ1v) is 11.5. The number of nitrogens with zero attached hydrogens (tertiary/aromatic N) is 2. The van der Waals surface area contributed by atoms with E-state index in [0.717, 1.165) is 38.3 Å². The molecule has 4 fully saturated rings. The quantitative estimate of drug-likeness (QED) is 0.746. The van der Waals surface area contributed by atoms with Gasteiger partial charge in [0.25, 0.3) is 0 Å². The maximum absolute atomic E-state index is 5.80. The molecule has 156 valence electrons. The monoisotopic (exact) mass is 378 g/mol. The summed E-state index contributed by atoms with van der Waals surface area (Å²) in [6.07, 6.45) is 9.05. The highest BCUT2D eigenvalue weighted by molar-refractivity contribution is 5.07. The fraction of sp³-hybridized carbons (Fsp3) is 1.00. The summed E-state index contributed by atoms with van der Waals surface area (Å²) in [4.78, 5) is 5.59. The van der Waals surface area contributed by atoms with E-state index in [4.69, 9.17) is 9.47 Å². The van der Waals surface area contributed by atoms with Crippen LogP contribution in [0.1, 0.15) is 65.7 Å². The molecule has 0 aromatic carbocycles. The van der Waals surface area contributed by atoms with Crippen molar-refractivity contribution in [3.05, 3.63) is 0 Å². The molecule has 0 aliphatic carbocycles. The Labute approximate surface area is 166 Å². The Morgan fingerprint density at radius 3 is 2.04 bits per heavy atom. The second-order valence-electron chi connectivity index (χ2n) is 10.8.